The Morgan fingerprint density at radius 3 is 2.21 bits per heavy atom. The minimum absolute atomic E-state index is 0.0188. The second kappa shape index (κ2) is 7.91. The third-order valence-electron chi connectivity index (χ3n) is 5.91. The van der Waals surface area contributed by atoms with Gasteiger partial charge in [0.25, 0.3) is 5.91 Å². The Kier molecular flexibility index (Phi) is 5.32. The maximum absolute atomic E-state index is 13.4. The second-order valence-corrected chi connectivity index (χ2v) is 7.87. The standard InChI is InChI=1S/C22H23F2N3O2/c23-18-10-16(11-19(24)12-18)14-27-8-6-17(7-9-27)22(20(28)25-21(29)26-22)13-15-4-2-1-3-5-15/h1-5,10-12,17H,6-9,13-14H2,(H2,25,26,28,29). The van der Waals surface area contributed by atoms with E-state index in [0.29, 0.717) is 44.5 Å². The minimum Gasteiger partial charge on any atom is -0.323 e. The molecule has 2 aliphatic heterocycles. The first-order chi connectivity index (χ1) is 13.9. The van der Waals surface area contributed by atoms with Gasteiger partial charge in [0.2, 0.25) is 0 Å². The molecule has 5 nitrogen and oxygen atoms in total. The van der Waals surface area contributed by atoms with E-state index in [4.69, 9.17) is 0 Å². The molecule has 2 aromatic rings. The van der Waals surface area contributed by atoms with Gasteiger partial charge in [0.1, 0.15) is 17.2 Å². The number of imide groups is 1. The van der Waals surface area contributed by atoms with Gasteiger partial charge in [-0.2, -0.15) is 0 Å². The number of nitrogens with zero attached hydrogens (tertiary/aromatic N) is 1. The van der Waals surface area contributed by atoms with Gasteiger partial charge in [0, 0.05) is 19.0 Å². The van der Waals surface area contributed by atoms with Gasteiger partial charge < -0.3 is 5.32 Å². The predicted octanol–water partition coefficient (Wildman–Crippen LogP) is 3.00. The van der Waals surface area contributed by atoms with E-state index in [9.17, 15) is 18.4 Å². The molecule has 2 N–H and O–H groups in total. The Morgan fingerprint density at radius 1 is 0.966 bits per heavy atom. The van der Waals surface area contributed by atoms with E-state index in [0.717, 1.165) is 11.6 Å². The number of likely N-dealkylation sites (tertiary alicyclic amines) is 1. The largest absolute Gasteiger partial charge is 0.323 e. The molecule has 2 heterocycles. The summed E-state index contributed by atoms with van der Waals surface area (Å²) in [6, 6.07) is 12.7. The summed E-state index contributed by atoms with van der Waals surface area (Å²) < 4.78 is 26.9. The summed E-state index contributed by atoms with van der Waals surface area (Å²) in [5.41, 5.74) is 0.615. The molecule has 2 aromatic carbocycles. The molecule has 2 saturated heterocycles. The number of hydrogen-bond donors (Lipinski definition) is 2. The van der Waals surface area contributed by atoms with Crippen LogP contribution in [0.15, 0.2) is 48.5 Å². The van der Waals surface area contributed by atoms with Crippen molar-refractivity contribution in [2.45, 2.75) is 31.3 Å². The van der Waals surface area contributed by atoms with Crippen LogP contribution < -0.4 is 10.6 Å². The number of halogens is 2. The Morgan fingerprint density at radius 2 is 1.62 bits per heavy atom. The van der Waals surface area contributed by atoms with Gasteiger partial charge in [0.05, 0.1) is 0 Å². The van der Waals surface area contributed by atoms with Crippen LogP contribution in [-0.4, -0.2) is 35.5 Å². The number of piperidine rings is 1. The van der Waals surface area contributed by atoms with Crippen LogP contribution in [0.4, 0.5) is 13.6 Å². The quantitative estimate of drug-likeness (QED) is 0.760. The molecule has 3 amide bonds. The van der Waals surface area contributed by atoms with Crippen LogP contribution in [-0.2, 0) is 17.8 Å². The van der Waals surface area contributed by atoms with Crippen molar-refractivity contribution in [3.8, 4) is 0 Å². The summed E-state index contributed by atoms with van der Waals surface area (Å²) >= 11 is 0. The molecule has 0 bridgehead atoms. The maximum Gasteiger partial charge on any atom is 0.322 e. The van der Waals surface area contributed by atoms with Crippen LogP contribution >= 0.6 is 0 Å². The number of benzene rings is 2. The third-order valence-corrected chi connectivity index (χ3v) is 5.91. The van der Waals surface area contributed by atoms with Crippen molar-refractivity contribution in [1.29, 1.82) is 0 Å². The summed E-state index contributed by atoms with van der Waals surface area (Å²) in [6.07, 6.45) is 1.85. The van der Waals surface area contributed by atoms with Crippen molar-refractivity contribution in [3.63, 3.8) is 0 Å². The number of carbonyl (C=O) groups is 2. The molecular weight excluding hydrogens is 376 g/mol. The normalized spacial score (nSPS) is 23.1. The number of hydrogen-bond acceptors (Lipinski definition) is 3. The SMILES string of the molecule is O=C1NC(=O)C(Cc2ccccc2)(C2CCN(Cc3cc(F)cc(F)c3)CC2)N1. The highest BCUT2D eigenvalue weighted by Gasteiger charge is 2.52. The van der Waals surface area contributed by atoms with Gasteiger partial charge in [0.15, 0.2) is 0 Å². The first-order valence-corrected chi connectivity index (χ1v) is 9.79. The Balaban J connectivity index is 1.47. The highest BCUT2D eigenvalue weighted by atomic mass is 19.1. The van der Waals surface area contributed by atoms with Gasteiger partial charge in [-0.1, -0.05) is 30.3 Å². The van der Waals surface area contributed by atoms with Gasteiger partial charge in [-0.3, -0.25) is 15.0 Å². The zero-order valence-corrected chi connectivity index (χ0v) is 16.0. The molecule has 0 aliphatic carbocycles. The van der Waals surface area contributed by atoms with Crippen LogP contribution in [0.2, 0.25) is 0 Å². The molecule has 2 fully saturated rings. The second-order valence-electron chi connectivity index (χ2n) is 7.87. The Bertz CT molecular complexity index is 893. The summed E-state index contributed by atoms with van der Waals surface area (Å²) in [4.78, 5) is 26.8. The van der Waals surface area contributed by atoms with E-state index in [1.165, 1.54) is 12.1 Å². The highest BCUT2D eigenvalue weighted by molar-refractivity contribution is 6.07. The lowest BCUT2D eigenvalue weighted by Gasteiger charge is -2.40. The first kappa shape index (κ1) is 19.5. The number of rotatable bonds is 5. The van der Waals surface area contributed by atoms with E-state index >= 15 is 0 Å². The molecule has 2 aliphatic rings. The van der Waals surface area contributed by atoms with Gasteiger partial charge in [-0.25, -0.2) is 13.6 Å². The third kappa shape index (κ3) is 4.15. The molecule has 0 radical (unpaired) electrons. The van der Waals surface area contributed by atoms with Crippen molar-refractivity contribution >= 4 is 11.9 Å². The van der Waals surface area contributed by atoms with Crippen molar-refractivity contribution in [3.05, 3.63) is 71.3 Å². The molecule has 7 heteroatoms. The predicted molar refractivity (Wildman–Crippen MR) is 104 cm³/mol. The molecule has 152 valence electrons. The van der Waals surface area contributed by atoms with Crippen molar-refractivity contribution < 1.29 is 18.4 Å². The topological polar surface area (TPSA) is 61.4 Å². The molecule has 0 spiro atoms. The zero-order chi connectivity index (χ0) is 20.4. The Labute approximate surface area is 168 Å². The fourth-order valence-corrected chi connectivity index (χ4v) is 4.52. The van der Waals surface area contributed by atoms with Gasteiger partial charge in [-0.05, 0) is 55.1 Å². The summed E-state index contributed by atoms with van der Waals surface area (Å²) in [6.45, 7) is 1.82. The van der Waals surface area contributed by atoms with Crippen molar-refractivity contribution in [2.24, 2.45) is 5.92 Å². The van der Waals surface area contributed by atoms with Gasteiger partial charge >= 0.3 is 6.03 Å². The summed E-state index contributed by atoms with van der Waals surface area (Å²) in [7, 11) is 0. The molecule has 1 atom stereocenters. The average Bonchev–Trinajstić information content (AvgIpc) is 2.96. The zero-order valence-electron chi connectivity index (χ0n) is 16.0. The maximum atomic E-state index is 13.4. The van der Waals surface area contributed by atoms with Crippen LogP contribution in [0.5, 0.6) is 0 Å². The van der Waals surface area contributed by atoms with Crippen molar-refractivity contribution in [2.75, 3.05) is 13.1 Å². The Hall–Kier alpha value is -2.80. The summed E-state index contributed by atoms with van der Waals surface area (Å²) in [5, 5.41) is 5.30. The van der Waals surface area contributed by atoms with E-state index in [2.05, 4.69) is 15.5 Å². The smallest absolute Gasteiger partial charge is 0.322 e. The fourth-order valence-electron chi connectivity index (χ4n) is 4.52. The van der Waals surface area contributed by atoms with E-state index in [1.807, 2.05) is 30.3 Å². The van der Waals surface area contributed by atoms with Gasteiger partial charge in [-0.15, -0.1) is 0 Å². The molecule has 4 rings (SSSR count). The van der Waals surface area contributed by atoms with Crippen LogP contribution in [0.3, 0.4) is 0 Å². The van der Waals surface area contributed by atoms with E-state index < -0.39 is 23.2 Å². The lowest BCUT2D eigenvalue weighted by molar-refractivity contribution is -0.126. The first-order valence-electron chi connectivity index (χ1n) is 9.79. The average molecular weight is 399 g/mol. The lowest BCUT2D eigenvalue weighted by atomic mass is 9.74. The number of amides is 3. The number of urea groups is 1. The van der Waals surface area contributed by atoms with E-state index in [-0.39, 0.29) is 11.8 Å². The fraction of sp³-hybridized carbons (Fsp3) is 0.364. The monoisotopic (exact) mass is 399 g/mol. The minimum atomic E-state index is -0.963. The van der Waals surface area contributed by atoms with Crippen LogP contribution in [0, 0.1) is 17.6 Å². The highest BCUT2D eigenvalue weighted by Crippen LogP contribution is 2.34. The van der Waals surface area contributed by atoms with Crippen LogP contribution in [0.1, 0.15) is 24.0 Å². The summed E-state index contributed by atoms with van der Waals surface area (Å²) in [5.74, 6) is -1.46. The molecule has 1 unspecified atom stereocenters. The molecule has 0 saturated carbocycles. The number of nitrogens with one attached hydrogen (secondary N) is 2. The molecular formula is C22H23F2N3O2. The van der Waals surface area contributed by atoms with Crippen molar-refractivity contribution in [1.82, 2.24) is 15.5 Å². The van der Waals surface area contributed by atoms with E-state index in [1.54, 1.807) is 0 Å². The molecule has 29 heavy (non-hydrogen) atoms. The van der Waals surface area contributed by atoms with Crippen LogP contribution in [0.25, 0.3) is 0 Å². The number of carbonyl (C=O) groups excluding carboxylic acids is 2. The molecule has 0 aromatic heterocycles. The lowest BCUT2D eigenvalue weighted by Crippen LogP contribution is -2.57.